The first-order valence-corrected chi connectivity index (χ1v) is 8.13. The largest absolute Gasteiger partial charge is 0.497 e. The van der Waals surface area contributed by atoms with Gasteiger partial charge in [-0.25, -0.2) is 0 Å². The standard InChI is InChI=1S/C18H21NO5/c1-3-24-17(21)18(10-11-8-14(18)15(9-11)19-22)16(20)12-4-6-13(23-2)7-5-12/h4-7,11,14,22H,3,8-10H2,1-2H3/b19-15+. The molecule has 3 unspecified atom stereocenters. The van der Waals surface area contributed by atoms with Crippen LogP contribution in [-0.2, 0) is 9.53 Å². The number of hydrogen-bond acceptors (Lipinski definition) is 6. The summed E-state index contributed by atoms with van der Waals surface area (Å²) in [6.45, 7) is 1.93. The molecule has 0 aromatic heterocycles. The number of carbonyl (C=O) groups is 2. The van der Waals surface area contributed by atoms with Crippen LogP contribution in [0.1, 0.15) is 36.5 Å². The fraction of sp³-hybridized carbons (Fsp3) is 0.500. The molecule has 1 N–H and O–H groups in total. The number of nitrogens with zero attached hydrogens (tertiary/aromatic N) is 1. The van der Waals surface area contributed by atoms with Crippen LogP contribution < -0.4 is 4.74 Å². The smallest absolute Gasteiger partial charge is 0.320 e. The summed E-state index contributed by atoms with van der Waals surface area (Å²) in [6.07, 6.45) is 1.76. The highest BCUT2D eigenvalue weighted by molar-refractivity contribution is 6.17. The monoisotopic (exact) mass is 331 g/mol. The van der Waals surface area contributed by atoms with E-state index in [0.717, 1.165) is 0 Å². The molecule has 2 saturated carbocycles. The number of hydrogen-bond donors (Lipinski definition) is 1. The van der Waals surface area contributed by atoms with Gasteiger partial charge in [0.1, 0.15) is 11.2 Å². The van der Waals surface area contributed by atoms with Gasteiger partial charge in [-0.05, 0) is 56.4 Å². The molecule has 2 bridgehead atoms. The molecule has 0 aliphatic heterocycles. The third kappa shape index (κ3) is 2.37. The van der Waals surface area contributed by atoms with Crippen LogP contribution in [0.4, 0.5) is 0 Å². The van der Waals surface area contributed by atoms with Crippen LogP contribution in [0.2, 0.25) is 0 Å². The number of ether oxygens (including phenoxy) is 2. The summed E-state index contributed by atoms with van der Waals surface area (Å²) in [5, 5.41) is 12.6. The summed E-state index contributed by atoms with van der Waals surface area (Å²) in [7, 11) is 1.55. The summed E-state index contributed by atoms with van der Waals surface area (Å²) in [5.74, 6) is -0.355. The number of Topliss-reactive ketones (excluding diaryl/α,β-unsaturated/α-hetero) is 1. The normalized spacial score (nSPS) is 29.7. The van der Waals surface area contributed by atoms with Gasteiger partial charge in [0.15, 0.2) is 5.78 Å². The van der Waals surface area contributed by atoms with Crippen molar-refractivity contribution in [2.24, 2.45) is 22.4 Å². The number of carbonyl (C=O) groups excluding carboxylic acids is 2. The zero-order valence-corrected chi connectivity index (χ0v) is 13.8. The second kappa shape index (κ2) is 6.26. The molecule has 3 rings (SSSR count). The van der Waals surface area contributed by atoms with E-state index in [2.05, 4.69) is 5.16 Å². The lowest BCUT2D eigenvalue weighted by Gasteiger charge is -2.34. The Balaban J connectivity index is 2.02. The number of ketones is 1. The van der Waals surface area contributed by atoms with Gasteiger partial charge in [0.2, 0.25) is 0 Å². The fourth-order valence-corrected chi connectivity index (χ4v) is 4.17. The average Bonchev–Trinajstić information content (AvgIpc) is 3.20. The van der Waals surface area contributed by atoms with E-state index in [9.17, 15) is 14.8 Å². The van der Waals surface area contributed by atoms with E-state index in [-0.39, 0.29) is 24.2 Å². The van der Waals surface area contributed by atoms with Gasteiger partial charge in [0.05, 0.1) is 19.4 Å². The predicted octanol–water partition coefficient (Wildman–Crippen LogP) is 2.69. The van der Waals surface area contributed by atoms with Gasteiger partial charge in [0, 0.05) is 11.5 Å². The number of fused-ring (bicyclic) bond motifs is 2. The van der Waals surface area contributed by atoms with E-state index in [4.69, 9.17) is 9.47 Å². The lowest BCUT2D eigenvalue weighted by molar-refractivity contribution is -0.153. The molecule has 0 radical (unpaired) electrons. The molecule has 128 valence electrons. The Labute approximate surface area is 140 Å². The quantitative estimate of drug-likeness (QED) is 0.295. The van der Waals surface area contributed by atoms with Crippen molar-refractivity contribution in [2.75, 3.05) is 13.7 Å². The third-order valence-corrected chi connectivity index (χ3v) is 5.20. The highest BCUT2D eigenvalue weighted by atomic mass is 16.5. The fourth-order valence-electron chi connectivity index (χ4n) is 4.17. The maximum Gasteiger partial charge on any atom is 0.320 e. The first-order valence-electron chi connectivity index (χ1n) is 8.13. The van der Waals surface area contributed by atoms with Crippen LogP contribution in [0.5, 0.6) is 5.75 Å². The first-order chi connectivity index (χ1) is 11.6. The molecule has 0 heterocycles. The number of rotatable bonds is 5. The molecule has 0 amide bonds. The predicted molar refractivity (Wildman–Crippen MR) is 86.4 cm³/mol. The first kappa shape index (κ1) is 16.5. The minimum Gasteiger partial charge on any atom is -0.497 e. The van der Waals surface area contributed by atoms with Crippen molar-refractivity contribution < 1.29 is 24.3 Å². The summed E-state index contributed by atoms with van der Waals surface area (Å²) >= 11 is 0. The van der Waals surface area contributed by atoms with Gasteiger partial charge in [-0.1, -0.05) is 5.16 Å². The van der Waals surface area contributed by atoms with Gasteiger partial charge < -0.3 is 14.7 Å². The third-order valence-electron chi connectivity index (χ3n) is 5.20. The molecule has 2 aliphatic carbocycles. The molecular weight excluding hydrogens is 310 g/mol. The molecule has 1 aromatic carbocycles. The second-order valence-corrected chi connectivity index (χ2v) is 6.40. The molecule has 3 atom stereocenters. The van der Waals surface area contributed by atoms with E-state index in [0.29, 0.717) is 36.3 Å². The lowest BCUT2D eigenvalue weighted by Crippen LogP contribution is -2.48. The molecule has 2 aliphatic rings. The Kier molecular flexibility index (Phi) is 4.30. The molecule has 0 saturated heterocycles. The van der Waals surface area contributed by atoms with Crippen molar-refractivity contribution in [3.05, 3.63) is 29.8 Å². The molecule has 2 fully saturated rings. The van der Waals surface area contributed by atoms with Crippen LogP contribution >= 0.6 is 0 Å². The number of esters is 1. The lowest BCUT2D eigenvalue weighted by atomic mass is 9.67. The Morgan fingerprint density at radius 2 is 2.04 bits per heavy atom. The minimum absolute atomic E-state index is 0.174. The van der Waals surface area contributed by atoms with Crippen LogP contribution in [-0.4, -0.2) is 36.4 Å². The maximum atomic E-state index is 13.3. The van der Waals surface area contributed by atoms with Gasteiger partial charge >= 0.3 is 5.97 Å². The summed E-state index contributed by atoms with van der Waals surface area (Å²) in [5.41, 5.74) is -0.315. The SMILES string of the molecule is CCOC(=O)C1(C(=O)c2ccc(OC)cc2)CC2C/C(=N\O)C1C2. The summed E-state index contributed by atoms with van der Waals surface area (Å²) < 4.78 is 10.4. The van der Waals surface area contributed by atoms with Crippen molar-refractivity contribution in [1.82, 2.24) is 0 Å². The molecular formula is C18H21NO5. The van der Waals surface area contributed by atoms with Gasteiger partial charge in [-0.2, -0.15) is 0 Å². The van der Waals surface area contributed by atoms with E-state index in [1.807, 2.05) is 0 Å². The van der Waals surface area contributed by atoms with E-state index >= 15 is 0 Å². The zero-order chi connectivity index (χ0) is 17.3. The summed E-state index contributed by atoms with van der Waals surface area (Å²) in [4.78, 5) is 26.0. The number of oxime groups is 1. The Hall–Kier alpha value is -2.37. The number of methoxy groups -OCH3 is 1. The van der Waals surface area contributed by atoms with Crippen LogP contribution in [0.15, 0.2) is 29.4 Å². The van der Waals surface area contributed by atoms with Crippen molar-refractivity contribution in [3.63, 3.8) is 0 Å². The zero-order valence-electron chi connectivity index (χ0n) is 13.8. The van der Waals surface area contributed by atoms with Crippen LogP contribution in [0.3, 0.4) is 0 Å². The molecule has 6 nitrogen and oxygen atoms in total. The van der Waals surface area contributed by atoms with Crippen molar-refractivity contribution in [1.29, 1.82) is 0 Å². The van der Waals surface area contributed by atoms with E-state index in [1.165, 1.54) is 0 Å². The van der Waals surface area contributed by atoms with Crippen molar-refractivity contribution >= 4 is 17.5 Å². The summed E-state index contributed by atoms with van der Waals surface area (Å²) in [6, 6.07) is 6.70. The van der Waals surface area contributed by atoms with Gasteiger partial charge in [-0.15, -0.1) is 0 Å². The van der Waals surface area contributed by atoms with Crippen LogP contribution in [0, 0.1) is 17.3 Å². The van der Waals surface area contributed by atoms with Crippen molar-refractivity contribution in [3.8, 4) is 5.75 Å². The topological polar surface area (TPSA) is 85.2 Å². The second-order valence-electron chi connectivity index (χ2n) is 6.40. The molecule has 1 aromatic rings. The average molecular weight is 331 g/mol. The highest BCUT2D eigenvalue weighted by Crippen LogP contribution is 2.56. The Morgan fingerprint density at radius 3 is 2.58 bits per heavy atom. The number of benzene rings is 1. The molecule has 0 spiro atoms. The van der Waals surface area contributed by atoms with Crippen LogP contribution in [0.25, 0.3) is 0 Å². The molecule has 24 heavy (non-hydrogen) atoms. The van der Waals surface area contributed by atoms with E-state index < -0.39 is 11.4 Å². The van der Waals surface area contributed by atoms with E-state index in [1.54, 1.807) is 38.3 Å². The highest BCUT2D eigenvalue weighted by Gasteiger charge is 2.63. The van der Waals surface area contributed by atoms with Gasteiger partial charge in [-0.3, -0.25) is 9.59 Å². The van der Waals surface area contributed by atoms with Crippen molar-refractivity contribution in [2.45, 2.75) is 26.2 Å². The maximum absolute atomic E-state index is 13.3. The minimum atomic E-state index is -1.28. The molecule has 6 heteroatoms. The van der Waals surface area contributed by atoms with Gasteiger partial charge in [0.25, 0.3) is 0 Å². The Morgan fingerprint density at radius 1 is 1.33 bits per heavy atom. The Bertz CT molecular complexity index is 681.